The second kappa shape index (κ2) is 7.50. The molecule has 25 heavy (non-hydrogen) atoms. The van der Waals surface area contributed by atoms with Gasteiger partial charge in [0.2, 0.25) is 0 Å². The van der Waals surface area contributed by atoms with Crippen LogP contribution in [0.25, 0.3) is 0 Å². The van der Waals surface area contributed by atoms with Crippen LogP contribution in [0.5, 0.6) is 5.75 Å². The topological polar surface area (TPSA) is 47.5 Å². The molecule has 2 aromatic heterocycles. The molecule has 0 aromatic carbocycles. The van der Waals surface area contributed by atoms with Gasteiger partial charge in [-0.25, -0.2) is 0 Å². The maximum Gasteiger partial charge on any atom is 0.137 e. The molecule has 132 valence electrons. The van der Waals surface area contributed by atoms with E-state index in [-0.39, 0.29) is 5.41 Å². The molecule has 2 saturated heterocycles. The molecule has 2 fully saturated rings. The molecule has 5 heteroatoms. The zero-order valence-corrected chi connectivity index (χ0v) is 14.5. The minimum Gasteiger partial charge on any atom is -0.491 e. The molecule has 4 rings (SSSR count). The van der Waals surface area contributed by atoms with E-state index < -0.39 is 0 Å². The van der Waals surface area contributed by atoms with Crippen molar-refractivity contribution in [2.75, 3.05) is 26.3 Å². The van der Waals surface area contributed by atoms with Crippen molar-refractivity contribution in [3.8, 4) is 5.75 Å². The highest BCUT2D eigenvalue weighted by Crippen LogP contribution is 2.41. The van der Waals surface area contributed by atoms with Gasteiger partial charge < -0.3 is 9.47 Å². The normalized spacial score (nSPS) is 26.8. The van der Waals surface area contributed by atoms with Gasteiger partial charge in [-0.1, -0.05) is 0 Å². The van der Waals surface area contributed by atoms with Crippen LogP contribution in [-0.4, -0.2) is 47.3 Å². The van der Waals surface area contributed by atoms with E-state index in [1.807, 2.05) is 24.5 Å². The largest absolute Gasteiger partial charge is 0.491 e. The first-order valence-electron chi connectivity index (χ1n) is 9.10. The lowest BCUT2D eigenvalue weighted by atomic mass is 9.73. The summed E-state index contributed by atoms with van der Waals surface area (Å²) in [5.74, 6) is 0.840. The van der Waals surface area contributed by atoms with E-state index in [0.717, 1.165) is 51.3 Å². The highest BCUT2D eigenvalue weighted by molar-refractivity contribution is 5.16. The summed E-state index contributed by atoms with van der Waals surface area (Å²) in [7, 11) is 0. The fraction of sp³-hybridized carbons (Fsp3) is 0.500. The van der Waals surface area contributed by atoms with Gasteiger partial charge >= 0.3 is 0 Å². The van der Waals surface area contributed by atoms with Crippen molar-refractivity contribution >= 4 is 0 Å². The van der Waals surface area contributed by atoms with E-state index >= 15 is 0 Å². The van der Waals surface area contributed by atoms with Crippen LogP contribution in [0.2, 0.25) is 0 Å². The minimum absolute atomic E-state index is 0.0688. The predicted octanol–water partition coefficient (Wildman–Crippen LogP) is 2.93. The van der Waals surface area contributed by atoms with Crippen molar-refractivity contribution < 1.29 is 9.47 Å². The van der Waals surface area contributed by atoms with Gasteiger partial charge in [0.1, 0.15) is 5.75 Å². The Kier molecular flexibility index (Phi) is 4.95. The van der Waals surface area contributed by atoms with Gasteiger partial charge in [0, 0.05) is 50.2 Å². The molecule has 0 aliphatic carbocycles. The molecule has 0 bridgehead atoms. The number of aromatic nitrogens is 2. The molecule has 0 unspecified atom stereocenters. The Balaban J connectivity index is 1.47. The van der Waals surface area contributed by atoms with Crippen molar-refractivity contribution in [2.45, 2.75) is 31.9 Å². The molecular weight excluding hydrogens is 314 g/mol. The highest BCUT2D eigenvalue weighted by atomic mass is 16.5. The molecule has 0 N–H and O–H groups in total. The lowest BCUT2D eigenvalue weighted by molar-refractivity contribution is -0.140. The number of fused-ring (bicyclic) bond motifs is 1. The van der Waals surface area contributed by atoms with Crippen LogP contribution < -0.4 is 4.74 Å². The molecule has 2 aliphatic rings. The van der Waals surface area contributed by atoms with E-state index in [1.54, 1.807) is 12.4 Å². The number of ether oxygens (including phenoxy) is 2. The molecule has 2 atom stereocenters. The Morgan fingerprint density at radius 1 is 1.20 bits per heavy atom. The summed E-state index contributed by atoms with van der Waals surface area (Å²) in [5, 5.41) is 0. The molecule has 4 heterocycles. The summed E-state index contributed by atoms with van der Waals surface area (Å²) in [5.41, 5.74) is 1.38. The third-order valence-electron chi connectivity index (χ3n) is 5.38. The van der Waals surface area contributed by atoms with Crippen molar-refractivity contribution in [3.63, 3.8) is 0 Å². The van der Waals surface area contributed by atoms with Gasteiger partial charge in [-0.2, -0.15) is 0 Å². The molecule has 0 amide bonds. The minimum atomic E-state index is 0.0688. The Labute approximate surface area is 149 Å². The van der Waals surface area contributed by atoms with Crippen LogP contribution in [0, 0.1) is 5.41 Å². The molecule has 5 nitrogen and oxygen atoms in total. The lowest BCUT2D eigenvalue weighted by Gasteiger charge is -2.50. The summed E-state index contributed by atoms with van der Waals surface area (Å²) < 4.78 is 12.3. The van der Waals surface area contributed by atoms with Crippen molar-refractivity contribution in [3.05, 3.63) is 54.6 Å². The zero-order valence-electron chi connectivity index (χ0n) is 14.5. The van der Waals surface area contributed by atoms with Crippen molar-refractivity contribution in [2.24, 2.45) is 5.41 Å². The molecular formula is C20H25N3O2. The van der Waals surface area contributed by atoms with Crippen LogP contribution >= 0.6 is 0 Å². The third-order valence-corrected chi connectivity index (χ3v) is 5.38. The number of nitrogens with zero attached hydrogens (tertiary/aromatic N) is 3. The number of likely N-dealkylation sites (tertiary alicyclic amines) is 1. The SMILES string of the molecule is c1cncc(OC[C@@]23CCCO[C@@H]2CCN(Cc2ccncc2)C3)c1. The van der Waals surface area contributed by atoms with E-state index in [1.165, 1.54) is 5.56 Å². The summed E-state index contributed by atoms with van der Waals surface area (Å²) in [6, 6.07) is 8.09. The average Bonchev–Trinajstić information content (AvgIpc) is 2.68. The first-order valence-corrected chi connectivity index (χ1v) is 9.10. The Hall–Kier alpha value is -1.98. The Morgan fingerprint density at radius 3 is 2.96 bits per heavy atom. The third kappa shape index (κ3) is 3.83. The van der Waals surface area contributed by atoms with E-state index in [9.17, 15) is 0 Å². The number of rotatable bonds is 5. The first-order chi connectivity index (χ1) is 12.3. The van der Waals surface area contributed by atoms with E-state index in [2.05, 4.69) is 27.0 Å². The number of pyridine rings is 2. The number of hydrogen-bond donors (Lipinski definition) is 0. The van der Waals surface area contributed by atoms with Crippen LogP contribution in [0.4, 0.5) is 0 Å². The highest BCUT2D eigenvalue weighted by Gasteiger charge is 2.46. The summed E-state index contributed by atoms with van der Waals surface area (Å²) in [4.78, 5) is 10.8. The second-order valence-corrected chi connectivity index (χ2v) is 7.16. The maximum absolute atomic E-state index is 6.14. The molecule has 0 spiro atoms. The summed E-state index contributed by atoms with van der Waals surface area (Å²) >= 11 is 0. The van der Waals surface area contributed by atoms with Crippen molar-refractivity contribution in [1.29, 1.82) is 0 Å². The smallest absolute Gasteiger partial charge is 0.137 e. The zero-order chi connectivity index (χ0) is 17.0. The fourth-order valence-electron chi connectivity index (χ4n) is 4.13. The molecule has 0 saturated carbocycles. The Bertz CT molecular complexity index is 667. The van der Waals surface area contributed by atoms with Gasteiger partial charge in [0.15, 0.2) is 0 Å². The average molecular weight is 339 g/mol. The first kappa shape index (κ1) is 16.5. The van der Waals surface area contributed by atoms with Crippen LogP contribution in [0.15, 0.2) is 49.1 Å². The van der Waals surface area contributed by atoms with Gasteiger partial charge in [-0.05, 0) is 49.1 Å². The summed E-state index contributed by atoms with van der Waals surface area (Å²) in [6.07, 6.45) is 10.9. The maximum atomic E-state index is 6.14. The molecule has 0 radical (unpaired) electrons. The fourth-order valence-corrected chi connectivity index (χ4v) is 4.13. The van der Waals surface area contributed by atoms with E-state index in [4.69, 9.17) is 9.47 Å². The monoisotopic (exact) mass is 339 g/mol. The Morgan fingerprint density at radius 2 is 2.12 bits per heavy atom. The lowest BCUT2D eigenvalue weighted by Crippen LogP contribution is -2.57. The standard InChI is InChI=1S/C20H25N3O2/c1-3-18(13-22-8-1)25-16-20-7-2-12-24-19(20)6-11-23(15-20)14-17-4-9-21-10-5-17/h1,3-5,8-10,13,19H,2,6-7,11-12,14-16H2/t19-,20+/m1/s1. The number of piperidine rings is 1. The second-order valence-electron chi connectivity index (χ2n) is 7.16. The van der Waals surface area contributed by atoms with Gasteiger partial charge in [-0.3, -0.25) is 14.9 Å². The summed E-state index contributed by atoms with van der Waals surface area (Å²) in [6.45, 7) is 4.62. The predicted molar refractivity (Wildman–Crippen MR) is 95.3 cm³/mol. The quantitative estimate of drug-likeness (QED) is 0.838. The molecule has 2 aromatic rings. The molecule has 2 aliphatic heterocycles. The van der Waals surface area contributed by atoms with E-state index in [0.29, 0.717) is 12.7 Å². The van der Waals surface area contributed by atoms with Gasteiger partial charge in [0.05, 0.1) is 18.9 Å². The van der Waals surface area contributed by atoms with Gasteiger partial charge in [-0.15, -0.1) is 0 Å². The van der Waals surface area contributed by atoms with Gasteiger partial charge in [0.25, 0.3) is 0 Å². The van der Waals surface area contributed by atoms with Crippen LogP contribution in [0.3, 0.4) is 0 Å². The van der Waals surface area contributed by atoms with Crippen LogP contribution in [-0.2, 0) is 11.3 Å². The van der Waals surface area contributed by atoms with Crippen molar-refractivity contribution in [1.82, 2.24) is 14.9 Å². The number of hydrogen-bond acceptors (Lipinski definition) is 5. The van der Waals surface area contributed by atoms with Crippen LogP contribution in [0.1, 0.15) is 24.8 Å².